The third-order valence-electron chi connectivity index (χ3n) is 2.94. The summed E-state index contributed by atoms with van der Waals surface area (Å²) in [6.45, 7) is 1.93. The molecule has 1 aromatic rings. The van der Waals surface area contributed by atoms with Gasteiger partial charge in [0.05, 0.1) is 30.9 Å². The second kappa shape index (κ2) is 7.54. The van der Waals surface area contributed by atoms with Gasteiger partial charge in [-0.15, -0.1) is 0 Å². The van der Waals surface area contributed by atoms with E-state index in [1.54, 1.807) is 18.2 Å². The predicted octanol–water partition coefficient (Wildman–Crippen LogP) is 1.99. The summed E-state index contributed by atoms with van der Waals surface area (Å²) in [5, 5.41) is 6.47. The first-order valence-electron chi connectivity index (χ1n) is 6.47. The molecule has 0 spiro atoms. The summed E-state index contributed by atoms with van der Waals surface area (Å²) < 4.78 is 10.5. The molecule has 0 fully saturated rings. The van der Waals surface area contributed by atoms with Crippen molar-refractivity contribution >= 4 is 34.7 Å². The summed E-state index contributed by atoms with van der Waals surface area (Å²) in [5.41, 5.74) is 0.987. The van der Waals surface area contributed by atoms with Crippen LogP contribution in [-0.4, -0.2) is 39.3 Å². The minimum absolute atomic E-state index is 0.266. The summed E-state index contributed by atoms with van der Waals surface area (Å²) in [6.07, 6.45) is 0. The molecule has 0 radical (unpaired) electrons. The Bertz CT molecular complexity index is 561. The van der Waals surface area contributed by atoms with E-state index < -0.39 is 0 Å². The second-order valence-corrected chi connectivity index (χ2v) is 5.12. The molecule has 0 bridgehead atoms. The van der Waals surface area contributed by atoms with Crippen LogP contribution in [0, 0.1) is 0 Å². The molecule has 0 aliphatic carbocycles. The molecule has 0 atom stereocenters. The third-order valence-corrected chi connectivity index (χ3v) is 3.58. The van der Waals surface area contributed by atoms with E-state index in [1.807, 2.05) is 0 Å². The molecule has 0 saturated heterocycles. The van der Waals surface area contributed by atoms with Gasteiger partial charge in [0.2, 0.25) is 0 Å². The van der Waals surface area contributed by atoms with Crippen LogP contribution in [0.4, 0.5) is 0 Å². The van der Waals surface area contributed by atoms with Gasteiger partial charge in [0, 0.05) is 13.1 Å². The van der Waals surface area contributed by atoms with E-state index in [9.17, 15) is 4.79 Å². The maximum absolute atomic E-state index is 12.3. The Hall–Kier alpha value is -1.43. The maximum Gasteiger partial charge on any atom is 0.255 e. The smallest absolute Gasteiger partial charge is 0.255 e. The molecule has 1 aromatic carbocycles. The van der Waals surface area contributed by atoms with Gasteiger partial charge in [0.15, 0.2) is 0 Å². The van der Waals surface area contributed by atoms with Gasteiger partial charge in [-0.1, -0.05) is 29.3 Å². The van der Waals surface area contributed by atoms with E-state index in [0.29, 0.717) is 48.2 Å². The lowest BCUT2D eigenvalue weighted by Crippen LogP contribution is -2.32. The second-order valence-electron chi connectivity index (χ2n) is 4.33. The van der Waals surface area contributed by atoms with Gasteiger partial charge in [0.25, 0.3) is 5.91 Å². The predicted molar refractivity (Wildman–Crippen MR) is 82.6 cm³/mol. The van der Waals surface area contributed by atoms with Crippen molar-refractivity contribution < 1.29 is 14.3 Å². The number of methoxy groups -OCH3 is 1. The molecule has 2 N–H and O–H groups in total. The molecule has 5 nitrogen and oxygen atoms in total. The van der Waals surface area contributed by atoms with Gasteiger partial charge >= 0.3 is 0 Å². The number of carbonyl (C=O) groups excluding carboxylic acids is 1. The number of hydrogen-bond donors (Lipinski definition) is 2. The Balaban J connectivity index is 2.41. The molecular formula is C14H16Cl2N2O3. The minimum atomic E-state index is -0.276. The molecule has 0 unspecified atom stereocenters. The van der Waals surface area contributed by atoms with Gasteiger partial charge in [-0.25, -0.2) is 0 Å². The highest BCUT2D eigenvalue weighted by Gasteiger charge is 2.19. The molecule has 0 saturated carbocycles. The van der Waals surface area contributed by atoms with Crippen LogP contribution in [-0.2, 0) is 9.53 Å². The first kappa shape index (κ1) is 15.9. The average molecular weight is 331 g/mol. The van der Waals surface area contributed by atoms with Crippen LogP contribution in [0.1, 0.15) is 5.56 Å². The topological polar surface area (TPSA) is 59.6 Å². The van der Waals surface area contributed by atoms with E-state index in [2.05, 4.69) is 10.6 Å². The Morgan fingerprint density at radius 3 is 2.62 bits per heavy atom. The van der Waals surface area contributed by atoms with Crippen molar-refractivity contribution in [2.24, 2.45) is 0 Å². The number of carbonyl (C=O) groups is 1. The number of nitrogens with one attached hydrogen (secondary N) is 2. The number of benzene rings is 1. The van der Waals surface area contributed by atoms with Crippen LogP contribution in [0.5, 0.6) is 5.75 Å². The number of rotatable bonds is 2. The van der Waals surface area contributed by atoms with E-state index in [1.165, 1.54) is 7.11 Å². The summed E-state index contributed by atoms with van der Waals surface area (Å²) in [6, 6.07) is 5.08. The lowest BCUT2D eigenvalue weighted by molar-refractivity contribution is -0.115. The van der Waals surface area contributed by atoms with Crippen LogP contribution in [0.2, 0.25) is 5.02 Å². The van der Waals surface area contributed by atoms with Crippen molar-refractivity contribution in [3.63, 3.8) is 0 Å². The van der Waals surface area contributed by atoms with E-state index in [4.69, 9.17) is 32.7 Å². The maximum atomic E-state index is 12.3. The molecule has 1 aliphatic heterocycles. The summed E-state index contributed by atoms with van der Waals surface area (Å²) in [7, 11) is 1.52. The lowest BCUT2D eigenvalue weighted by atomic mass is 10.1. The van der Waals surface area contributed by atoms with E-state index in [0.717, 1.165) is 0 Å². The standard InChI is InChI=1S/C14H16Cl2N2O3/c1-20-11-8-9(2-3-10(11)15)12-13(16)17-4-6-21-7-5-18-14(12)19/h2-3,8,17H,4-7H2,1H3,(H,18,19)/b13-12-. The highest BCUT2D eigenvalue weighted by molar-refractivity contribution is 6.39. The van der Waals surface area contributed by atoms with Gasteiger partial charge in [-0.05, 0) is 17.7 Å². The SMILES string of the molecule is COc1cc(/C2=C(\Cl)NCCOCCNC2=O)ccc1Cl. The van der Waals surface area contributed by atoms with Crippen LogP contribution < -0.4 is 15.4 Å². The number of amides is 1. The third kappa shape index (κ3) is 4.03. The number of ether oxygens (including phenoxy) is 2. The Morgan fingerprint density at radius 1 is 1.19 bits per heavy atom. The minimum Gasteiger partial charge on any atom is -0.495 e. The van der Waals surface area contributed by atoms with Crippen LogP contribution in [0.3, 0.4) is 0 Å². The highest BCUT2D eigenvalue weighted by atomic mass is 35.5. The Kier molecular flexibility index (Phi) is 5.73. The zero-order valence-electron chi connectivity index (χ0n) is 11.5. The van der Waals surface area contributed by atoms with Crippen molar-refractivity contribution in [1.29, 1.82) is 0 Å². The van der Waals surface area contributed by atoms with Crippen LogP contribution >= 0.6 is 23.2 Å². The summed E-state index contributed by atoms with van der Waals surface area (Å²) in [4.78, 5) is 12.3. The van der Waals surface area contributed by atoms with Crippen molar-refractivity contribution in [2.75, 3.05) is 33.4 Å². The van der Waals surface area contributed by atoms with Gasteiger partial charge in [-0.2, -0.15) is 0 Å². The molecule has 0 aromatic heterocycles. The fourth-order valence-electron chi connectivity index (χ4n) is 1.92. The zero-order chi connectivity index (χ0) is 15.2. The fourth-order valence-corrected chi connectivity index (χ4v) is 2.41. The fraction of sp³-hybridized carbons (Fsp3) is 0.357. The Labute approximate surface area is 133 Å². The molecular weight excluding hydrogens is 315 g/mol. The van der Waals surface area contributed by atoms with Crippen LogP contribution in [0.15, 0.2) is 23.4 Å². The summed E-state index contributed by atoms with van der Waals surface area (Å²) in [5.74, 6) is 0.210. The molecule has 2 rings (SSSR count). The molecule has 7 heteroatoms. The van der Waals surface area contributed by atoms with Gasteiger partial charge < -0.3 is 20.1 Å². The van der Waals surface area contributed by atoms with E-state index in [-0.39, 0.29) is 11.1 Å². The van der Waals surface area contributed by atoms with Gasteiger partial charge in [0.1, 0.15) is 10.9 Å². The number of hydrogen-bond acceptors (Lipinski definition) is 4. The monoisotopic (exact) mass is 330 g/mol. The quantitative estimate of drug-likeness (QED) is 0.814. The highest BCUT2D eigenvalue weighted by Crippen LogP contribution is 2.30. The summed E-state index contributed by atoms with van der Waals surface area (Å²) >= 11 is 12.2. The molecule has 1 amide bonds. The van der Waals surface area contributed by atoms with Crippen molar-refractivity contribution in [3.8, 4) is 5.75 Å². The normalized spacial score (nSPS) is 20.4. The number of halogens is 2. The van der Waals surface area contributed by atoms with Crippen molar-refractivity contribution in [2.45, 2.75) is 0 Å². The first-order chi connectivity index (χ1) is 10.1. The van der Waals surface area contributed by atoms with E-state index >= 15 is 0 Å². The van der Waals surface area contributed by atoms with Crippen LogP contribution in [0.25, 0.3) is 5.57 Å². The lowest BCUT2D eigenvalue weighted by Gasteiger charge is -2.16. The molecule has 114 valence electrons. The molecule has 1 heterocycles. The zero-order valence-corrected chi connectivity index (χ0v) is 13.1. The first-order valence-corrected chi connectivity index (χ1v) is 7.22. The Morgan fingerprint density at radius 2 is 1.90 bits per heavy atom. The molecule has 1 aliphatic rings. The average Bonchev–Trinajstić information content (AvgIpc) is 2.48. The molecule has 21 heavy (non-hydrogen) atoms. The van der Waals surface area contributed by atoms with Gasteiger partial charge in [-0.3, -0.25) is 4.79 Å². The largest absolute Gasteiger partial charge is 0.495 e. The van der Waals surface area contributed by atoms with Crippen molar-refractivity contribution in [3.05, 3.63) is 33.9 Å². The van der Waals surface area contributed by atoms with Crippen molar-refractivity contribution in [1.82, 2.24) is 10.6 Å².